The first-order valence-corrected chi connectivity index (χ1v) is 8.98. The summed E-state index contributed by atoms with van der Waals surface area (Å²) in [6, 6.07) is 18.3. The highest BCUT2D eigenvalue weighted by molar-refractivity contribution is 6.31. The van der Waals surface area contributed by atoms with Crippen LogP contribution in [0.2, 0.25) is 5.02 Å². The van der Waals surface area contributed by atoms with Gasteiger partial charge in [-0.15, -0.1) is 0 Å². The molecule has 0 amide bonds. The van der Waals surface area contributed by atoms with E-state index in [4.69, 9.17) is 30.5 Å². The van der Waals surface area contributed by atoms with Crippen molar-refractivity contribution in [3.63, 3.8) is 0 Å². The lowest BCUT2D eigenvalue weighted by Crippen LogP contribution is -1.89. The van der Waals surface area contributed by atoms with Crippen molar-refractivity contribution in [2.24, 2.45) is 0 Å². The molecule has 0 aliphatic carbocycles. The first kappa shape index (κ1) is 18.1. The first-order chi connectivity index (χ1) is 13.7. The Hall–Kier alpha value is -3.31. The van der Waals surface area contributed by atoms with Crippen LogP contribution in [0, 0.1) is 0 Å². The smallest absolute Gasteiger partial charge is 0.156 e. The van der Waals surface area contributed by atoms with Gasteiger partial charge >= 0.3 is 0 Å². The van der Waals surface area contributed by atoms with E-state index in [1.54, 1.807) is 26.5 Å². The van der Waals surface area contributed by atoms with Gasteiger partial charge in [-0.2, -0.15) is 0 Å². The highest BCUT2D eigenvalue weighted by Gasteiger charge is 2.14. The summed E-state index contributed by atoms with van der Waals surface area (Å²) < 4.78 is 22.5. The average molecular weight is 396 g/mol. The van der Waals surface area contributed by atoms with E-state index in [1.165, 1.54) is 0 Å². The summed E-state index contributed by atoms with van der Waals surface area (Å²) in [5.41, 5.74) is 0.819. The zero-order valence-corrected chi connectivity index (χ0v) is 16.1. The van der Waals surface area contributed by atoms with Crippen LogP contribution < -0.4 is 18.9 Å². The summed E-state index contributed by atoms with van der Waals surface area (Å²) in [5.74, 6) is 4.11. The van der Waals surface area contributed by atoms with E-state index >= 15 is 0 Å². The summed E-state index contributed by atoms with van der Waals surface area (Å²) in [4.78, 5) is 3.18. The molecule has 0 radical (unpaired) electrons. The average Bonchev–Trinajstić information content (AvgIpc) is 3.11. The number of aromatic nitrogens is 1. The van der Waals surface area contributed by atoms with Crippen molar-refractivity contribution in [1.82, 2.24) is 4.98 Å². The topological polar surface area (TPSA) is 52.7 Å². The molecule has 0 fully saturated rings. The zero-order chi connectivity index (χ0) is 19.5. The Morgan fingerprint density at radius 3 is 1.71 bits per heavy atom. The first-order valence-electron chi connectivity index (χ1n) is 8.61. The Labute approximate surface area is 167 Å². The minimum absolute atomic E-state index is 0.564. The molecule has 5 nitrogen and oxygen atoms in total. The third-order valence-corrected chi connectivity index (χ3v) is 4.46. The van der Waals surface area contributed by atoms with Crippen molar-refractivity contribution in [2.75, 3.05) is 14.2 Å². The van der Waals surface area contributed by atoms with Crippen LogP contribution in [0.5, 0.6) is 34.5 Å². The second-order valence-corrected chi connectivity index (χ2v) is 6.47. The second kappa shape index (κ2) is 7.74. The van der Waals surface area contributed by atoms with Crippen LogP contribution >= 0.6 is 11.6 Å². The summed E-state index contributed by atoms with van der Waals surface area (Å²) in [6.07, 6.45) is 1.78. The SMILES string of the molecule is COc1ccc(Oc2c[nH]c3cc(Cl)cc(Oc4ccc(OC)cc4)c23)cc1. The quantitative estimate of drug-likeness (QED) is 0.409. The molecule has 6 heteroatoms. The number of ether oxygens (including phenoxy) is 4. The molecule has 4 rings (SSSR count). The molecule has 1 aromatic heterocycles. The maximum absolute atomic E-state index is 6.27. The molecule has 0 saturated heterocycles. The fourth-order valence-electron chi connectivity index (χ4n) is 2.87. The van der Waals surface area contributed by atoms with E-state index in [2.05, 4.69) is 4.98 Å². The predicted molar refractivity (Wildman–Crippen MR) is 109 cm³/mol. The van der Waals surface area contributed by atoms with Crippen LogP contribution in [-0.2, 0) is 0 Å². The van der Waals surface area contributed by atoms with Crippen molar-refractivity contribution in [2.45, 2.75) is 0 Å². The van der Waals surface area contributed by atoms with E-state index in [9.17, 15) is 0 Å². The molecule has 0 atom stereocenters. The number of H-pyrrole nitrogens is 1. The van der Waals surface area contributed by atoms with Crippen LogP contribution in [-0.4, -0.2) is 19.2 Å². The molecule has 0 saturated carbocycles. The number of methoxy groups -OCH3 is 2. The summed E-state index contributed by atoms with van der Waals surface area (Å²) in [6.45, 7) is 0. The van der Waals surface area contributed by atoms with Gasteiger partial charge in [0.05, 0.1) is 25.1 Å². The number of halogens is 1. The molecule has 1 heterocycles. The Balaban J connectivity index is 1.69. The molecule has 142 valence electrons. The highest BCUT2D eigenvalue weighted by Crippen LogP contribution is 2.40. The van der Waals surface area contributed by atoms with E-state index < -0.39 is 0 Å². The lowest BCUT2D eigenvalue weighted by molar-refractivity contribution is 0.412. The summed E-state index contributed by atoms with van der Waals surface area (Å²) in [5, 5.41) is 1.37. The van der Waals surface area contributed by atoms with Gasteiger partial charge in [0.15, 0.2) is 5.75 Å². The third-order valence-electron chi connectivity index (χ3n) is 4.25. The molecule has 28 heavy (non-hydrogen) atoms. The van der Waals surface area contributed by atoms with Gasteiger partial charge in [-0.25, -0.2) is 0 Å². The molecule has 0 spiro atoms. The van der Waals surface area contributed by atoms with E-state index in [0.29, 0.717) is 28.0 Å². The Morgan fingerprint density at radius 2 is 1.18 bits per heavy atom. The molecular weight excluding hydrogens is 378 g/mol. The normalized spacial score (nSPS) is 10.7. The predicted octanol–water partition coefficient (Wildman–Crippen LogP) is 6.42. The molecule has 0 unspecified atom stereocenters. The maximum Gasteiger partial charge on any atom is 0.156 e. The second-order valence-electron chi connectivity index (χ2n) is 6.03. The molecule has 0 bridgehead atoms. The lowest BCUT2D eigenvalue weighted by atomic mass is 10.2. The lowest BCUT2D eigenvalue weighted by Gasteiger charge is -2.11. The number of rotatable bonds is 6. The van der Waals surface area contributed by atoms with Gasteiger partial charge in [0.25, 0.3) is 0 Å². The van der Waals surface area contributed by atoms with Gasteiger partial charge in [-0.3, -0.25) is 0 Å². The van der Waals surface area contributed by atoms with Gasteiger partial charge in [0.1, 0.15) is 28.7 Å². The van der Waals surface area contributed by atoms with Crippen molar-refractivity contribution in [3.05, 3.63) is 71.9 Å². The monoisotopic (exact) mass is 395 g/mol. The molecule has 3 aromatic carbocycles. The zero-order valence-electron chi connectivity index (χ0n) is 15.4. The van der Waals surface area contributed by atoms with Gasteiger partial charge in [-0.05, 0) is 54.6 Å². The van der Waals surface area contributed by atoms with Crippen molar-refractivity contribution in [1.29, 1.82) is 0 Å². The summed E-state index contributed by atoms with van der Waals surface area (Å²) in [7, 11) is 3.25. The molecular formula is C22H18ClNO4. The molecule has 4 aromatic rings. The fraction of sp³-hybridized carbons (Fsp3) is 0.0909. The minimum atomic E-state index is 0.564. The van der Waals surface area contributed by atoms with Crippen LogP contribution in [0.3, 0.4) is 0 Å². The number of hydrogen-bond acceptors (Lipinski definition) is 4. The maximum atomic E-state index is 6.27. The van der Waals surface area contributed by atoms with Crippen LogP contribution in [0.1, 0.15) is 0 Å². The number of nitrogens with one attached hydrogen (secondary N) is 1. The standard InChI is InChI=1S/C22H18ClNO4/c1-25-15-3-7-17(8-4-15)27-20-12-14(23)11-19-22(20)21(13-24-19)28-18-9-5-16(26-2)6-10-18/h3-13,24H,1-2H3. The van der Waals surface area contributed by atoms with E-state index in [0.717, 1.165) is 22.4 Å². The largest absolute Gasteiger partial charge is 0.497 e. The van der Waals surface area contributed by atoms with Crippen LogP contribution in [0.25, 0.3) is 10.9 Å². The molecule has 1 N–H and O–H groups in total. The third kappa shape index (κ3) is 3.70. The number of aromatic amines is 1. The van der Waals surface area contributed by atoms with Crippen LogP contribution in [0.15, 0.2) is 66.9 Å². The minimum Gasteiger partial charge on any atom is -0.497 e. The molecule has 0 aliphatic rings. The molecule has 0 aliphatic heterocycles. The Bertz CT molecular complexity index is 1090. The number of fused-ring (bicyclic) bond motifs is 1. The van der Waals surface area contributed by atoms with Crippen molar-refractivity contribution in [3.8, 4) is 34.5 Å². The van der Waals surface area contributed by atoms with Gasteiger partial charge in [0.2, 0.25) is 0 Å². The van der Waals surface area contributed by atoms with Gasteiger partial charge in [0, 0.05) is 17.3 Å². The fourth-order valence-corrected chi connectivity index (χ4v) is 3.08. The highest BCUT2D eigenvalue weighted by atomic mass is 35.5. The van der Waals surface area contributed by atoms with Crippen molar-refractivity contribution >= 4 is 22.5 Å². The number of hydrogen-bond donors (Lipinski definition) is 1. The van der Waals surface area contributed by atoms with Gasteiger partial charge in [-0.1, -0.05) is 11.6 Å². The Morgan fingerprint density at radius 1 is 0.679 bits per heavy atom. The number of benzene rings is 3. The van der Waals surface area contributed by atoms with Gasteiger partial charge < -0.3 is 23.9 Å². The van der Waals surface area contributed by atoms with E-state index in [-0.39, 0.29) is 0 Å². The summed E-state index contributed by atoms with van der Waals surface area (Å²) >= 11 is 6.27. The Kier molecular flexibility index (Phi) is 5.00. The van der Waals surface area contributed by atoms with E-state index in [1.807, 2.05) is 54.6 Å². The van der Waals surface area contributed by atoms with Crippen LogP contribution in [0.4, 0.5) is 0 Å². The van der Waals surface area contributed by atoms with Crippen molar-refractivity contribution < 1.29 is 18.9 Å².